The first-order valence-electron chi connectivity index (χ1n) is 11.0. The van der Waals surface area contributed by atoms with Crippen molar-refractivity contribution in [3.05, 3.63) is 44.4 Å². The van der Waals surface area contributed by atoms with E-state index in [1.54, 1.807) is 13.0 Å². The van der Waals surface area contributed by atoms with E-state index < -0.39 is 0 Å². The largest absolute Gasteiger partial charge is 0.508 e. The number of aromatic hydroxyl groups is 1. The molecule has 1 atom stereocenters. The molecule has 0 aliphatic heterocycles. The standard InChI is InChI=1S/C23H32N4O3S/c1-5-24-23(25-13-18-17-10-8-7-9-16(17)11-12-19(18)28)27-15(4)21-26-14(3)20(31-21)22(29)30-6-2/h11-12,15,28H,5-10,13H2,1-4H3,(H2,24,25,27). The second-order valence-electron chi connectivity index (χ2n) is 7.66. The molecule has 8 heteroatoms. The number of thiazole rings is 1. The number of nitrogens with zero attached hydrogens (tertiary/aromatic N) is 2. The molecule has 0 saturated carbocycles. The molecule has 1 unspecified atom stereocenters. The molecule has 0 spiro atoms. The van der Waals surface area contributed by atoms with Crippen molar-refractivity contribution < 1.29 is 14.6 Å². The maximum atomic E-state index is 12.1. The van der Waals surface area contributed by atoms with E-state index >= 15 is 0 Å². The summed E-state index contributed by atoms with van der Waals surface area (Å²) in [5, 5.41) is 17.9. The van der Waals surface area contributed by atoms with Crippen LogP contribution in [0.25, 0.3) is 0 Å². The van der Waals surface area contributed by atoms with Crippen LogP contribution in [0.1, 0.15) is 76.7 Å². The van der Waals surface area contributed by atoms with Gasteiger partial charge in [-0.3, -0.25) is 0 Å². The minimum Gasteiger partial charge on any atom is -0.508 e. The Kier molecular flexibility index (Phi) is 7.90. The summed E-state index contributed by atoms with van der Waals surface area (Å²) in [6, 6.07) is 3.69. The molecule has 0 radical (unpaired) electrons. The SMILES string of the molecule is CCNC(=NCc1c(O)ccc2c1CCCC2)NC(C)c1nc(C)c(C(=O)OCC)s1. The number of aliphatic imine (C=N–C) groups is 1. The molecular weight excluding hydrogens is 412 g/mol. The van der Waals surface area contributed by atoms with Crippen LogP contribution in [-0.2, 0) is 24.1 Å². The van der Waals surface area contributed by atoms with Crippen molar-refractivity contribution in [3.8, 4) is 5.75 Å². The van der Waals surface area contributed by atoms with E-state index in [0.29, 0.717) is 42.0 Å². The van der Waals surface area contributed by atoms with E-state index in [2.05, 4.69) is 15.6 Å². The monoisotopic (exact) mass is 444 g/mol. The van der Waals surface area contributed by atoms with Gasteiger partial charge in [0.15, 0.2) is 5.96 Å². The lowest BCUT2D eigenvalue weighted by atomic mass is 9.88. The Morgan fingerprint density at radius 3 is 2.84 bits per heavy atom. The Morgan fingerprint density at radius 1 is 1.32 bits per heavy atom. The molecule has 1 aromatic carbocycles. The van der Waals surface area contributed by atoms with Gasteiger partial charge in [-0.1, -0.05) is 6.07 Å². The number of fused-ring (bicyclic) bond motifs is 1. The molecule has 168 valence electrons. The average Bonchev–Trinajstić information content (AvgIpc) is 3.15. The van der Waals surface area contributed by atoms with E-state index in [-0.39, 0.29) is 12.0 Å². The summed E-state index contributed by atoms with van der Waals surface area (Å²) in [4.78, 5) is 21.9. The van der Waals surface area contributed by atoms with Gasteiger partial charge < -0.3 is 20.5 Å². The minimum atomic E-state index is -0.333. The molecule has 1 aliphatic rings. The third kappa shape index (κ3) is 5.55. The molecule has 2 aromatic rings. The number of ether oxygens (including phenoxy) is 1. The van der Waals surface area contributed by atoms with Crippen LogP contribution in [0.5, 0.6) is 5.75 Å². The normalized spacial score (nSPS) is 14.6. The molecule has 1 aliphatic carbocycles. The summed E-state index contributed by atoms with van der Waals surface area (Å²) in [6.45, 7) is 9.06. The highest BCUT2D eigenvalue weighted by atomic mass is 32.1. The van der Waals surface area contributed by atoms with Gasteiger partial charge in [0.05, 0.1) is 24.9 Å². The number of phenolic OH excluding ortho intramolecular Hbond substituents is 1. The smallest absolute Gasteiger partial charge is 0.350 e. The van der Waals surface area contributed by atoms with Crippen LogP contribution in [0.4, 0.5) is 0 Å². The zero-order valence-electron chi connectivity index (χ0n) is 18.7. The molecule has 31 heavy (non-hydrogen) atoms. The van der Waals surface area contributed by atoms with Gasteiger partial charge in [-0.25, -0.2) is 14.8 Å². The number of rotatable bonds is 7. The van der Waals surface area contributed by atoms with Crippen LogP contribution in [0, 0.1) is 6.92 Å². The van der Waals surface area contributed by atoms with E-state index in [1.807, 2.05) is 26.8 Å². The fourth-order valence-corrected chi connectivity index (χ4v) is 4.76. The van der Waals surface area contributed by atoms with Crippen molar-refractivity contribution in [2.45, 2.75) is 66.0 Å². The van der Waals surface area contributed by atoms with Gasteiger partial charge in [0.25, 0.3) is 0 Å². The molecule has 0 fully saturated rings. The number of hydrogen-bond donors (Lipinski definition) is 3. The maximum Gasteiger partial charge on any atom is 0.350 e. The molecule has 7 nitrogen and oxygen atoms in total. The second-order valence-corrected chi connectivity index (χ2v) is 8.69. The predicted molar refractivity (Wildman–Crippen MR) is 124 cm³/mol. The van der Waals surface area contributed by atoms with Gasteiger partial charge >= 0.3 is 5.97 Å². The third-order valence-corrected chi connectivity index (χ3v) is 6.68. The van der Waals surface area contributed by atoms with Crippen molar-refractivity contribution in [1.82, 2.24) is 15.6 Å². The third-order valence-electron chi connectivity index (χ3n) is 5.36. The zero-order valence-corrected chi connectivity index (χ0v) is 19.6. The van der Waals surface area contributed by atoms with Gasteiger partial charge in [-0.2, -0.15) is 0 Å². The summed E-state index contributed by atoms with van der Waals surface area (Å²) in [7, 11) is 0. The number of hydrogen-bond acceptors (Lipinski definition) is 6. The summed E-state index contributed by atoms with van der Waals surface area (Å²) in [6.07, 6.45) is 4.40. The number of aryl methyl sites for hydroxylation is 2. The predicted octanol–water partition coefficient (Wildman–Crippen LogP) is 4.03. The Balaban J connectivity index is 1.77. The number of guanidine groups is 1. The van der Waals surface area contributed by atoms with Crippen molar-refractivity contribution >= 4 is 23.3 Å². The van der Waals surface area contributed by atoms with E-state index in [9.17, 15) is 9.90 Å². The topological polar surface area (TPSA) is 95.8 Å². The number of carbonyl (C=O) groups excluding carboxylic acids is 1. The lowest BCUT2D eigenvalue weighted by molar-refractivity contribution is 0.0531. The van der Waals surface area contributed by atoms with Gasteiger partial charge in [-0.15, -0.1) is 11.3 Å². The van der Waals surface area contributed by atoms with Gasteiger partial charge in [-0.05, 0) is 70.6 Å². The van der Waals surface area contributed by atoms with Crippen molar-refractivity contribution in [2.24, 2.45) is 4.99 Å². The zero-order chi connectivity index (χ0) is 22.4. The Morgan fingerprint density at radius 2 is 2.10 bits per heavy atom. The molecule has 0 saturated heterocycles. The van der Waals surface area contributed by atoms with Gasteiger partial charge in [0, 0.05) is 12.1 Å². The molecule has 3 N–H and O–H groups in total. The Labute approximate surface area is 188 Å². The summed E-state index contributed by atoms with van der Waals surface area (Å²) >= 11 is 1.34. The van der Waals surface area contributed by atoms with E-state index in [4.69, 9.17) is 9.73 Å². The number of carbonyl (C=O) groups is 1. The van der Waals surface area contributed by atoms with Crippen molar-refractivity contribution in [3.63, 3.8) is 0 Å². The van der Waals surface area contributed by atoms with Crippen LogP contribution < -0.4 is 10.6 Å². The highest BCUT2D eigenvalue weighted by Crippen LogP contribution is 2.31. The van der Waals surface area contributed by atoms with Crippen LogP contribution in [0.2, 0.25) is 0 Å². The van der Waals surface area contributed by atoms with E-state index in [0.717, 1.165) is 29.8 Å². The summed E-state index contributed by atoms with van der Waals surface area (Å²) in [5.41, 5.74) is 4.16. The number of benzene rings is 1. The number of aromatic nitrogens is 1. The summed E-state index contributed by atoms with van der Waals surface area (Å²) in [5.74, 6) is 0.622. The first kappa shape index (κ1) is 23.1. The van der Waals surface area contributed by atoms with Gasteiger partial charge in [0.2, 0.25) is 0 Å². The maximum absolute atomic E-state index is 12.1. The van der Waals surface area contributed by atoms with Crippen molar-refractivity contribution in [2.75, 3.05) is 13.2 Å². The molecule has 3 rings (SSSR count). The average molecular weight is 445 g/mol. The van der Waals surface area contributed by atoms with Crippen LogP contribution in [0.15, 0.2) is 17.1 Å². The highest BCUT2D eigenvalue weighted by Gasteiger charge is 2.20. The number of esters is 1. The van der Waals surface area contributed by atoms with E-state index in [1.165, 1.54) is 28.9 Å². The summed E-state index contributed by atoms with van der Waals surface area (Å²) < 4.78 is 5.12. The first-order chi connectivity index (χ1) is 14.9. The fourth-order valence-electron chi connectivity index (χ4n) is 3.80. The minimum absolute atomic E-state index is 0.136. The van der Waals surface area contributed by atoms with Gasteiger partial charge in [0.1, 0.15) is 15.6 Å². The molecule has 0 bridgehead atoms. The molecule has 1 heterocycles. The quantitative estimate of drug-likeness (QED) is 0.339. The van der Waals surface area contributed by atoms with Crippen molar-refractivity contribution in [1.29, 1.82) is 0 Å². The second kappa shape index (κ2) is 10.6. The molecular formula is C23H32N4O3S. The lowest BCUT2D eigenvalue weighted by Gasteiger charge is -2.20. The Hall–Kier alpha value is -2.61. The lowest BCUT2D eigenvalue weighted by Crippen LogP contribution is -2.38. The number of nitrogens with one attached hydrogen (secondary N) is 2. The highest BCUT2D eigenvalue weighted by molar-refractivity contribution is 7.13. The van der Waals surface area contributed by atoms with Crippen LogP contribution in [-0.4, -0.2) is 35.2 Å². The fraction of sp³-hybridized carbons (Fsp3) is 0.522. The first-order valence-corrected chi connectivity index (χ1v) is 11.8. The van der Waals surface area contributed by atoms with Crippen LogP contribution >= 0.6 is 11.3 Å². The number of phenols is 1. The van der Waals surface area contributed by atoms with Crippen LogP contribution in [0.3, 0.4) is 0 Å². The molecule has 1 aromatic heterocycles. The molecule has 0 amide bonds. The Bertz CT molecular complexity index is 955.